The van der Waals surface area contributed by atoms with Crippen LogP contribution in [0.2, 0.25) is 0 Å². The smallest absolute Gasteiger partial charge is 0.336 e. The molecule has 0 spiro atoms. The molecule has 0 radical (unpaired) electrons. The van der Waals surface area contributed by atoms with E-state index in [2.05, 4.69) is 0 Å². The highest BCUT2D eigenvalue weighted by Crippen LogP contribution is 2.20. The summed E-state index contributed by atoms with van der Waals surface area (Å²) in [7, 11) is 0. The van der Waals surface area contributed by atoms with E-state index in [1.807, 2.05) is 5.32 Å². The molecular weight excluding hydrogens is 303 g/mol. The van der Waals surface area contributed by atoms with Crippen LogP contribution in [0.4, 0.5) is 18.9 Å². The van der Waals surface area contributed by atoms with Crippen molar-refractivity contribution in [2.75, 3.05) is 11.9 Å². The first kappa shape index (κ1) is 16.3. The predicted molar refractivity (Wildman–Crippen MR) is 69.5 cm³/mol. The van der Waals surface area contributed by atoms with Crippen LogP contribution in [0.15, 0.2) is 12.1 Å². The molecule has 2 rings (SSSR count). The first-order valence-corrected chi connectivity index (χ1v) is 6.66. The maximum absolute atomic E-state index is 13.4. The average Bonchev–Trinajstić information content (AvgIpc) is 3.02. The highest BCUT2D eigenvalue weighted by Gasteiger charge is 2.28. The molecule has 1 fully saturated rings. The third-order valence-electron chi connectivity index (χ3n) is 3.15. The molecule has 2 atom stereocenters. The van der Waals surface area contributed by atoms with E-state index in [4.69, 9.17) is 9.47 Å². The van der Waals surface area contributed by atoms with Crippen molar-refractivity contribution < 1.29 is 32.2 Å². The summed E-state index contributed by atoms with van der Waals surface area (Å²) < 4.78 is 49.3. The number of esters is 1. The van der Waals surface area contributed by atoms with Crippen LogP contribution in [0, 0.1) is 17.5 Å². The summed E-state index contributed by atoms with van der Waals surface area (Å²) in [6.07, 6.45) is -0.717. The Labute approximate surface area is 124 Å². The minimum Gasteiger partial charge on any atom is -0.451 e. The lowest BCUT2D eigenvalue weighted by molar-refractivity contribution is -0.162. The number of amides is 1. The number of nitrogens with one attached hydrogen (secondary N) is 1. The molecule has 22 heavy (non-hydrogen) atoms. The third-order valence-corrected chi connectivity index (χ3v) is 3.15. The summed E-state index contributed by atoms with van der Waals surface area (Å²) >= 11 is 0. The normalized spacial score (nSPS) is 18.8. The topological polar surface area (TPSA) is 64.6 Å². The maximum atomic E-state index is 13.4. The summed E-state index contributed by atoms with van der Waals surface area (Å²) in [5.74, 6) is -6.14. The standard InChI is InChI=1S/C14H14F3NO4/c1-7(22-14(20)10-3-2-6-21-10)13(19)18-9-5-4-8(15)11(16)12(9)17/h4-5,7,10H,2-3,6H2,1H3,(H,18,19)/t7-,10+/m0/s1. The van der Waals surface area contributed by atoms with Gasteiger partial charge in [0.15, 0.2) is 29.7 Å². The van der Waals surface area contributed by atoms with Crippen LogP contribution < -0.4 is 5.32 Å². The lowest BCUT2D eigenvalue weighted by Gasteiger charge is -2.16. The van der Waals surface area contributed by atoms with Crippen LogP contribution in [-0.4, -0.2) is 30.7 Å². The molecule has 1 aliphatic heterocycles. The number of ether oxygens (including phenoxy) is 2. The van der Waals surface area contributed by atoms with Gasteiger partial charge in [-0.15, -0.1) is 0 Å². The molecule has 8 heteroatoms. The molecule has 120 valence electrons. The second-order valence-electron chi connectivity index (χ2n) is 4.79. The highest BCUT2D eigenvalue weighted by atomic mass is 19.2. The van der Waals surface area contributed by atoms with Crippen LogP contribution in [0.5, 0.6) is 0 Å². The van der Waals surface area contributed by atoms with Crippen molar-refractivity contribution in [1.29, 1.82) is 0 Å². The van der Waals surface area contributed by atoms with E-state index in [9.17, 15) is 22.8 Å². The van der Waals surface area contributed by atoms with Gasteiger partial charge in [0.1, 0.15) is 0 Å². The molecule has 1 aliphatic rings. The minimum atomic E-state index is -1.69. The van der Waals surface area contributed by atoms with Crippen molar-refractivity contribution in [2.45, 2.75) is 32.0 Å². The average molecular weight is 317 g/mol. The van der Waals surface area contributed by atoms with Crippen molar-refractivity contribution in [2.24, 2.45) is 0 Å². The molecule has 0 aliphatic carbocycles. The number of rotatable bonds is 4. The minimum absolute atomic E-state index is 0.445. The summed E-state index contributed by atoms with van der Waals surface area (Å²) in [6, 6.07) is 1.55. The van der Waals surface area contributed by atoms with E-state index >= 15 is 0 Å². The van der Waals surface area contributed by atoms with Gasteiger partial charge >= 0.3 is 5.97 Å². The molecule has 0 aromatic heterocycles. The van der Waals surface area contributed by atoms with Crippen LogP contribution in [-0.2, 0) is 19.1 Å². The van der Waals surface area contributed by atoms with Crippen molar-refractivity contribution in [3.8, 4) is 0 Å². The molecule has 1 heterocycles. The van der Waals surface area contributed by atoms with Crippen molar-refractivity contribution >= 4 is 17.6 Å². The maximum Gasteiger partial charge on any atom is 0.336 e. The number of hydrogen-bond donors (Lipinski definition) is 1. The van der Waals surface area contributed by atoms with E-state index in [1.54, 1.807) is 0 Å². The van der Waals surface area contributed by atoms with Crippen molar-refractivity contribution in [3.63, 3.8) is 0 Å². The van der Waals surface area contributed by atoms with Crippen LogP contribution in [0.3, 0.4) is 0 Å². The van der Waals surface area contributed by atoms with Gasteiger partial charge in [0.05, 0.1) is 5.69 Å². The zero-order chi connectivity index (χ0) is 16.3. The fourth-order valence-corrected chi connectivity index (χ4v) is 1.92. The zero-order valence-corrected chi connectivity index (χ0v) is 11.7. The molecule has 5 nitrogen and oxygen atoms in total. The van der Waals surface area contributed by atoms with Crippen LogP contribution >= 0.6 is 0 Å². The summed E-state index contributed by atoms with van der Waals surface area (Å²) in [4.78, 5) is 23.5. The summed E-state index contributed by atoms with van der Waals surface area (Å²) in [5.41, 5.74) is -0.538. The van der Waals surface area contributed by atoms with Gasteiger partial charge in [-0.25, -0.2) is 18.0 Å². The second kappa shape index (κ2) is 6.78. The van der Waals surface area contributed by atoms with E-state index in [-0.39, 0.29) is 0 Å². The van der Waals surface area contributed by atoms with Gasteiger partial charge in [0.2, 0.25) is 0 Å². The Balaban J connectivity index is 1.96. The molecule has 1 amide bonds. The second-order valence-corrected chi connectivity index (χ2v) is 4.79. The number of anilines is 1. The van der Waals surface area contributed by atoms with E-state index in [0.717, 1.165) is 12.5 Å². The van der Waals surface area contributed by atoms with E-state index < -0.39 is 47.2 Å². The molecule has 1 aromatic rings. The molecule has 1 aromatic carbocycles. The summed E-state index contributed by atoms with van der Waals surface area (Å²) in [6.45, 7) is 1.72. The number of carbonyl (C=O) groups excluding carboxylic acids is 2. The zero-order valence-electron chi connectivity index (χ0n) is 11.7. The Morgan fingerprint density at radius 2 is 2.05 bits per heavy atom. The largest absolute Gasteiger partial charge is 0.451 e. The Kier molecular flexibility index (Phi) is 5.02. The molecule has 0 saturated carbocycles. The fraction of sp³-hybridized carbons (Fsp3) is 0.429. The Hall–Kier alpha value is -2.09. The number of benzene rings is 1. The van der Waals surface area contributed by atoms with Gasteiger partial charge in [0.25, 0.3) is 5.91 Å². The fourth-order valence-electron chi connectivity index (χ4n) is 1.92. The molecular formula is C14H14F3NO4. The Morgan fingerprint density at radius 3 is 2.68 bits per heavy atom. The SMILES string of the molecule is C[C@H](OC(=O)[C@H]1CCCO1)C(=O)Nc1ccc(F)c(F)c1F. The van der Waals surface area contributed by atoms with Crippen LogP contribution in [0.1, 0.15) is 19.8 Å². The highest BCUT2D eigenvalue weighted by molar-refractivity contribution is 5.95. The van der Waals surface area contributed by atoms with Crippen molar-refractivity contribution in [1.82, 2.24) is 0 Å². The quantitative estimate of drug-likeness (QED) is 0.683. The number of hydrogen-bond acceptors (Lipinski definition) is 4. The molecule has 0 unspecified atom stereocenters. The van der Waals surface area contributed by atoms with E-state index in [1.165, 1.54) is 6.92 Å². The number of halogens is 3. The first-order valence-electron chi connectivity index (χ1n) is 6.66. The van der Waals surface area contributed by atoms with Gasteiger partial charge in [-0.05, 0) is 31.9 Å². The first-order chi connectivity index (χ1) is 10.4. The van der Waals surface area contributed by atoms with Gasteiger partial charge in [-0.1, -0.05) is 0 Å². The molecule has 0 bridgehead atoms. The van der Waals surface area contributed by atoms with Crippen molar-refractivity contribution in [3.05, 3.63) is 29.6 Å². The molecule has 1 saturated heterocycles. The molecule has 1 N–H and O–H groups in total. The van der Waals surface area contributed by atoms with Gasteiger partial charge in [-0.3, -0.25) is 4.79 Å². The lowest BCUT2D eigenvalue weighted by atomic mass is 10.2. The van der Waals surface area contributed by atoms with Gasteiger partial charge < -0.3 is 14.8 Å². The monoisotopic (exact) mass is 317 g/mol. The van der Waals surface area contributed by atoms with Gasteiger partial charge in [0, 0.05) is 6.61 Å². The van der Waals surface area contributed by atoms with E-state index in [0.29, 0.717) is 19.1 Å². The lowest BCUT2D eigenvalue weighted by Crippen LogP contribution is -2.34. The third kappa shape index (κ3) is 3.56. The Morgan fingerprint density at radius 1 is 1.32 bits per heavy atom. The predicted octanol–water partition coefficient (Wildman–Crippen LogP) is 2.15. The summed E-state index contributed by atoms with van der Waals surface area (Å²) in [5, 5.41) is 2.04. The van der Waals surface area contributed by atoms with Gasteiger partial charge in [-0.2, -0.15) is 0 Å². The number of carbonyl (C=O) groups is 2. The Bertz CT molecular complexity index is 588. The van der Waals surface area contributed by atoms with Crippen LogP contribution in [0.25, 0.3) is 0 Å².